The largest absolute Gasteiger partial charge is 0.287 e. The van der Waals surface area contributed by atoms with Gasteiger partial charge < -0.3 is 0 Å². The smallest absolute Gasteiger partial charge is 0.246 e. The Morgan fingerprint density at radius 3 is 2.68 bits per heavy atom. The van der Waals surface area contributed by atoms with Gasteiger partial charge in [-0.15, -0.1) is 0 Å². The summed E-state index contributed by atoms with van der Waals surface area (Å²) in [6, 6.07) is 9.53. The van der Waals surface area contributed by atoms with Gasteiger partial charge >= 0.3 is 0 Å². The van der Waals surface area contributed by atoms with Gasteiger partial charge in [-0.3, -0.25) is 19.0 Å². The Kier molecular flexibility index (Phi) is 3.97. The average molecular weight is 260 g/mol. The fourth-order valence-corrected chi connectivity index (χ4v) is 1.89. The standard InChI is InChI=1S/C14H16N2O3/c1-15(19-2)13(17)7-8-14(18)16-10-9-11-5-3-4-6-12(11)16/h3-6,9-10H,7-8H2,1-2H3. The Morgan fingerprint density at radius 2 is 1.95 bits per heavy atom. The highest BCUT2D eigenvalue weighted by molar-refractivity contribution is 5.93. The molecule has 0 aliphatic heterocycles. The van der Waals surface area contributed by atoms with Crippen molar-refractivity contribution in [2.75, 3.05) is 14.2 Å². The van der Waals surface area contributed by atoms with E-state index in [2.05, 4.69) is 0 Å². The first-order chi connectivity index (χ1) is 9.13. The number of hydrogen-bond donors (Lipinski definition) is 0. The Hall–Kier alpha value is -2.14. The first-order valence-electron chi connectivity index (χ1n) is 6.03. The van der Waals surface area contributed by atoms with Crippen molar-refractivity contribution in [3.05, 3.63) is 36.5 Å². The number of rotatable bonds is 4. The molecule has 0 fully saturated rings. The molecule has 0 aliphatic carbocycles. The van der Waals surface area contributed by atoms with Crippen LogP contribution in [0.2, 0.25) is 0 Å². The summed E-state index contributed by atoms with van der Waals surface area (Å²) in [6.45, 7) is 0. The van der Waals surface area contributed by atoms with Crippen molar-refractivity contribution in [2.45, 2.75) is 12.8 Å². The number of para-hydroxylation sites is 1. The molecule has 0 N–H and O–H groups in total. The molecule has 0 bridgehead atoms. The van der Waals surface area contributed by atoms with Crippen molar-refractivity contribution in [3.8, 4) is 0 Å². The van der Waals surface area contributed by atoms with Crippen molar-refractivity contribution >= 4 is 22.7 Å². The van der Waals surface area contributed by atoms with Crippen LogP contribution in [0.5, 0.6) is 0 Å². The zero-order valence-electron chi connectivity index (χ0n) is 11.0. The van der Waals surface area contributed by atoms with Gasteiger partial charge in [0, 0.05) is 31.5 Å². The molecule has 0 saturated carbocycles. The summed E-state index contributed by atoms with van der Waals surface area (Å²) in [4.78, 5) is 28.4. The van der Waals surface area contributed by atoms with Crippen molar-refractivity contribution in [2.24, 2.45) is 0 Å². The second-order valence-corrected chi connectivity index (χ2v) is 4.21. The molecule has 100 valence electrons. The van der Waals surface area contributed by atoms with Crippen molar-refractivity contribution in [1.29, 1.82) is 0 Å². The predicted molar refractivity (Wildman–Crippen MR) is 71.6 cm³/mol. The van der Waals surface area contributed by atoms with E-state index in [0.717, 1.165) is 16.0 Å². The topological polar surface area (TPSA) is 51.5 Å². The Labute approximate surface area is 111 Å². The van der Waals surface area contributed by atoms with Crippen molar-refractivity contribution < 1.29 is 14.4 Å². The minimum absolute atomic E-state index is 0.0981. The molecule has 2 aromatic rings. The number of nitrogens with zero attached hydrogens (tertiary/aromatic N) is 2. The van der Waals surface area contributed by atoms with E-state index < -0.39 is 0 Å². The maximum Gasteiger partial charge on any atom is 0.246 e. The zero-order chi connectivity index (χ0) is 13.8. The maximum atomic E-state index is 12.1. The molecule has 5 heteroatoms. The third kappa shape index (κ3) is 2.82. The average Bonchev–Trinajstić information content (AvgIpc) is 2.87. The van der Waals surface area contributed by atoms with Gasteiger partial charge in [-0.25, -0.2) is 5.06 Å². The van der Waals surface area contributed by atoms with Crippen LogP contribution >= 0.6 is 0 Å². The number of hydrogen-bond acceptors (Lipinski definition) is 3. The number of benzene rings is 1. The summed E-state index contributed by atoms with van der Waals surface area (Å²) < 4.78 is 1.58. The van der Waals surface area contributed by atoms with Crippen LogP contribution in [0.25, 0.3) is 10.9 Å². The highest BCUT2D eigenvalue weighted by atomic mass is 16.7. The van der Waals surface area contributed by atoms with Crippen LogP contribution in [-0.2, 0) is 9.63 Å². The number of carbonyl (C=O) groups excluding carboxylic acids is 2. The van der Waals surface area contributed by atoms with Gasteiger partial charge in [-0.1, -0.05) is 18.2 Å². The molecule has 0 atom stereocenters. The van der Waals surface area contributed by atoms with Crippen molar-refractivity contribution in [3.63, 3.8) is 0 Å². The molecule has 1 amide bonds. The van der Waals surface area contributed by atoms with E-state index in [1.54, 1.807) is 10.8 Å². The minimum atomic E-state index is -0.215. The number of aromatic nitrogens is 1. The normalized spacial score (nSPS) is 10.6. The van der Waals surface area contributed by atoms with Gasteiger partial charge in [-0.2, -0.15) is 0 Å². The fourth-order valence-electron chi connectivity index (χ4n) is 1.89. The first kappa shape index (κ1) is 13.3. The molecule has 0 aliphatic rings. The lowest BCUT2D eigenvalue weighted by molar-refractivity contribution is -0.168. The van der Waals surface area contributed by atoms with Crippen LogP contribution in [0.3, 0.4) is 0 Å². The second kappa shape index (κ2) is 5.67. The lowest BCUT2D eigenvalue weighted by Crippen LogP contribution is -2.26. The quantitative estimate of drug-likeness (QED) is 0.791. The lowest BCUT2D eigenvalue weighted by Gasteiger charge is -2.13. The molecule has 0 radical (unpaired) electrons. The lowest BCUT2D eigenvalue weighted by atomic mass is 10.2. The van der Waals surface area contributed by atoms with E-state index >= 15 is 0 Å². The Balaban J connectivity index is 2.06. The molecule has 1 aromatic heterocycles. The first-order valence-corrected chi connectivity index (χ1v) is 6.03. The molecule has 1 aromatic carbocycles. The zero-order valence-corrected chi connectivity index (χ0v) is 11.0. The fraction of sp³-hybridized carbons (Fsp3) is 0.286. The molecule has 1 heterocycles. The van der Waals surface area contributed by atoms with Gasteiger partial charge in [0.2, 0.25) is 11.8 Å². The molecular weight excluding hydrogens is 244 g/mol. The number of fused-ring (bicyclic) bond motifs is 1. The van der Waals surface area contributed by atoms with Gasteiger partial charge in [0.25, 0.3) is 0 Å². The van der Waals surface area contributed by atoms with Gasteiger partial charge in [0.05, 0.1) is 12.6 Å². The summed E-state index contributed by atoms with van der Waals surface area (Å²) >= 11 is 0. The van der Waals surface area contributed by atoms with E-state index in [0.29, 0.717) is 0 Å². The van der Waals surface area contributed by atoms with E-state index in [1.165, 1.54) is 14.2 Å². The van der Waals surface area contributed by atoms with Gasteiger partial charge in [0.15, 0.2) is 0 Å². The summed E-state index contributed by atoms with van der Waals surface area (Å²) in [5, 5.41) is 2.14. The van der Waals surface area contributed by atoms with E-state index in [9.17, 15) is 9.59 Å². The summed E-state index contributed by atoms with van der Waals surface area (Å²) in [6.07, 6.45) is 2.03. The molecular formula is C14H16N2O3. The predicted octanol–water partition coefficient (Wildman–Crippen LogP) is 2.08. The third-order valence-corrected chi connectivity index (χ3v) is 3.05. The van der Waals surface area contributed by atoms with Gasteiger partial charge in [-0.05, 0) is 12.1 Å². The monoisotopic (exact) mass is 260 g/mol. The van der Waals surface area contributed by atoms with Crippen LogP contribution < -0.4 is 0 Å². The van der Waals surface area contributed by atoms with Gasteiger partial charge in [0.1, 0.15) is 0 Å². The second-order valence-electron chi connectivity index (χ2n) is 4.21. The Morgan fingerprint density at radius 1 is 1.21 bits per heavy atom. The molecule has 0 unspecified atom stereocenters. The minimum Gasteiger partial charge on any atom is -0.287 e. The molecule has 19 heavy (non-hydrogen) atoms. The van der Waals surface area contributed by atoms with Crippen LogP contribution in [0.1, 0.15) is 17.6 Å². The maximum absolute atomic E-state index is 12.1. The molecule has 0 spiro atoms. The van der Waals surface area contributed by atoms with Crippen LogP contribution in [0, 0.1) is 0 Å². The summed E-state index contributed by atoms with van der Waals surface area (Å²) in [5.41, 5.74) is 0.861. The van der Waals surface area contributed by atoms with Crippen LogP contribution in [0.4, 0.5) is 0 Å². The summed E-state index contributed by atoms with van der Waals surface area (Å²) in [7, 11) is 2.94. The van der Waals surface area contributed by atoms with Crippen LogP contribution in [0.15, 0.2) is 36.5 Å². The molecule has 0 saturated heterocycles. The van der Waals surface area contributed by atoms with E-state index in [1.807, 2.05) is 30.3 Å². The summed E-state index contributed by atoms with van der Waals surface area (Å²) in [5.74, 6) is -0.314. The van der Waals surface area contributed by atoms with E-state index in [-0.39, 0.29) is 24.7 Å². The van der Waals surface area contributed by atoms with Crippen molar-refractivity contribution in [1.82, 2.24) is 9.63 Å². The number of hydroxylamine groups is 2. The SMILES string of the molecule is CON(C)C(=O)CCC(=O)n1ccc2ccccc21. The highest BCUT2D eigenvalue weighted by Crippen LogP contribution is 2.15. The molecule has 5 nitrogen and oxygen atoms in total. The molecule has 2 rings (SSSR count). The van der Waals surface area contributed by atoms with Crippen LogP contribution in [-0.4, -0.2) is 35.6 Å². The van der Waals surface area contributed by atoms with E-state index in [4.69, 9.17) is 4.84 Å². The third-order valence-electron chi connectivity index (χ3n) is 3.05. The number of amides is 1. The highest BCUT2D eigenvalue weighted by Gasteiger charge is 2.13. The Bertz CT molecular complexity index is 604. The number of carbonyl (C=O) groups is 2.